The van der Waals surface area contributed by atoms with E-state index in [1.54, 1.807) is 0 Å². The zero-order valence-corrected chi connectivity index (χ0v) is 14.7. The highest BCUT2D eigenvalue weighted by Gasteiger charge is 2.30. The van der Waals surface area contributed by atoms with Gasteiger partial charge in [0.25, 0.3) is 0 Å². The SMILES string of the molecule is CCOC[C@H]1CN(Cc2ccc(C)o2)Cc2nn(CC3CC3)cc21. The molecular weight excluding hydrogens is 302 g/mol. The van der Waals surface area contributed by atoms with Crippen LogP contribution in [0.4, 0.5) is 0 Å². The lowest BCUT2D eigenvalue weighted by Crippen LogP contribution is -2.34. The van der Waals surface area contributed by atoms with Crippen LogP contribution in [0.2, 0.25) is 0 Å². The molecule has 0 bridgehead atoms. The van der Waals surface area contributed by atoms with E-state index in [2.05, 4.69) is 28.8 Å². The summed E-state index contributed by atoms with van der Waals surface area (Å²) in [6.45, 7) is 9.40. The molecule has 2 aliphatic rings. The van der Waals surface area contributed by atoms with Gasteiger partial charge in [-0.1, -0.05) is 0 Å². The van der Waals surface area contributed by atoms with Crippen LogP contribution in [0.25, 0.3) is 0 Å². The summed E-state index contributed by atoms with van der Waals surface area (Å²) in [6.07, 6.45) is 4.99. The summed E-state index contributed by atoms with van der Waals surface area (Å²) < 4.78 is 13.7. The first-order valence-electron chi connectivity index (χ1n) is 9.13. The standard InChI is InChI=1S/C19H27N3O2/c1-3-23-13-16-9-21(10-17-7-4-14(2)24-17)12-19-18(16)11-22(20-19)8-15-5-6-15/h4,7,11,15-16H,3,5-6,8-10,12-13H2,1-2H3/t16-/m1/s1. The lowest BCUT2D eigenvalue weighted by atomic mass is 9.95. The fraction of sp³-hybridized carbons (Fsp3) is 0.632. The smallest absolute Gasteiger partial charge is 0.118 e. The summed E-state index contributed by atoms with van der Waals surface area (Å²) in [5.41, 5.74) is 2.60. The third kappa shape index (κ3) is 3.57. The van der Waals surface area contributed by atoms with Crippen molar-refractivity contribution in [2.75, 3.05) is 19.8 Å². The zero-order chi connectivity index (χ0) is 16.5. The Morgan fingerprint density at radius 2 is 2.21 bits per heavy atom. The molecule has 0 N–H and O–H groups in total. The summed E-state index contributed by atoms with van der Waals surface area (Å²) in [5.74, 6) is 3.25. The highest BCUT2D eigenvalue weighted by molar-refractivity contribution is 5.26. The lowest BCUT2D eigenvalue weighted by Gasteiger charge is -2.31. The van der Waals surface area contributed by atoms with Crippen molar-refractivity contribution in [1.82, 2.24) is 14.7 Å². The number of fused-ring (bicyclic) bond motifs is 1. The van der Waals surface area contributed by atoms with E-state index in [1.807, 2.05) is 13.0 Å². The third-order valence-electron chi connectivity index (χ3n) is 5.00. The van der Waals surface area contributed by atoms with Gasteiger partial charge >= 0.3 is 0 Å². The summed E-state index contributed by atoms with van der Waals surface area (Å²) in [6, 6.07) is 4.11. The predicted octanol–water partition coefficient (Wildman–Crippen LogP) is 3.33. The maximum absolute atomic E-state index is 5.76. The average Bonchev–Trinajstić information content (AvgIpc) is 3.13. The second-order valence-corrected chi connectivity index (χ2v) is 7.23. The molecule has 130 valence electrons. The molecule has 0 spiro atoms. The van der Waals surface area contributed by atoms with Gasteiger partial charge in [-0.2, -0.15) is 5.10 Å². The van der Waals surface area contributed by atoms with Crippen molar-refractivity contribution in [3.8, 4) is 0 Å². The Morgan fingerprint density at radius 1 is 1.33 bits per heavy atom. The molecule has 0 aromatic carbocycles. The normalized spacial score (nSPS) is 21.2. The van der Waals surface area contributed by atoms with E-state index >= 15 is 0 Å². The van der Waals surface area contributed by atoms with Crippen LogP contribution in [0.15, 0.2) is 22.7 Å². The van der Waals surface area contributed by atoms with E-state index in [0.29, 0.717) is 5.92 Å². The van der Waals surface area contributed by atoms with Crippen molar-refractivity contribution < 1.29 is 9.15 Å². The molecule has 24 heavy (non-hydrogen) atoms. The number of rotatable bonds is 7. The van der Waals surface area contributed by atoms with Crippen LogP contribution in [0.3, 0.4) is 0 Å². The number of ether oxygens (including phenoxy) is 1. The summed E-state index contributed by atoms with van der Waals surface area (Å²) in [4.78, 5) is 2.43. The third-order valence-corrected chi connectivity index (χ3v) is 5.00. The molecule has 1 aliphatic carbocycles. The number of hydrogen-bond donors (Lipinski definition) is 0. The highest BCUT2D eigenvalue weighted by Crippen LogP contribution is 2.33. The van der Waals surface area contributed by atoms with Crippen molar-refractivity contribution in [3.63, 3.8) is 0 Å². The first-order valence-corrected chi connectivity index (χ1v) is 9.13. The van der Waals surface area contributed by atoms with Crippen LogP contribution in [0.5, 0.6) is 0 Å². The van der Waals surface area contributed by atoms with Crippen molar-refractivity contribution in [2.24, 2.45) is 5.92 Å². The molecule has 2 aromatic rings. The minimum absolute atomic E-state index is 0.401. The van der Waals surface area contributed by atoms with E-state index in [0.717, 1.165) is 56.8 Å². The van der Waals surface area contributed by atoms with Gasteiger partial charge in [0.1, 0.15) is 11.5 Å². The summed E-state index contributed by atoms with van der Waals surface area (Å²) in [5, 5.41) is 4.88. The molecule has 3 heterocycles. The first-order chi connectivity index (χ1) is 11.7. The Labute approximate surface area is 143 Å². The van der Waals surface area contributed by atoms with Crippen LogP contribution in [-0.4, -0.2) is 34.4 Å². The quantitative estimate of drug-likeness (QED) is 0.781. The van der Waals surface area contributed by atoms with Gasteiger partial charge in [0.2, 0.25) is 0 Å². The average molecular weight is 329 g/mol. The number of aryl methyl sites for hydroxylation is 1. The maximum atomic E-state index is 5.76. The number of hydrogen-bond acceptors (Lipinski definition) is 4. The van der Waals surface area contributed by atoms with Gasteiger partial charge in [0.15, 0.2) is 0 Å². The number of aromatic nitrogens is 2. The van der Waals surface area contributed by atoms with Gasteiger partial charge < -0.3 is 9.15 Å². The van der Waals surface area contributed by atoms with Gasteiger partial charge in [-0.25, -0.2) is 0 Å². The van der Waals surface area contributed by atoms with Crippen molar-refractivity contribution in [1.29, 1.82) is 0 Å². The van der Waals surface area contributed by atoms with Crippen LogP contribution in [0, 0.1) is 12.8 Å². The molecule has 5 nitrogen and oxygen atoms in total. The van der Waals surface area contributed by atoms with Gasteiger partial charge in [-0.05, 0) is 44.7 Å². The van der Waals surface area contributed by atoms with Crippen molar-refractivity contribution in [3.05, 3.63) is 41.1 Å². The Morgan fingerprint density at radius 3 is 2.92 bits per heavy atom. The maximum Gasteiger partial charge on any atom is 0.118 e. The highest BCUT2D eigenvalue weighted by atomic mass is 16.5. The van der Waals surface area contributed by atoms with Crippen molar-refractivity contribution >= 4 is 0 Å². The fourth-order valence-corrected chi connectivity index (χ4v) is 3.60. The van der Waals surface area contributed by atoms with Gasteiger partial charge in [0.05, 0.1) is 18.8 Å². The van der Waals surface area contributed by atoms with Crippen LogP contribution >= 0.6 is 0 Å². The molecule has 0 amide bonds. The van der Waals surface area contributed by atoms with E-state index in [1.165, 1.54) is 24.1 Å². The number of furan rings is 1. The largest absolute Gasteiger partial charge is 0.465 e. The van der Waals surface area contributed by atoms with Gasteiger partial charge in [-0.15, -0.1) is 0 Å². The van der Waals surface area contributed by atoms with E-state index in [-0.39, 0.29) is 0 Å². The Kier molecular flexibility index (Phi) is 4.46. The molecule has 2 aromatic heterocycles. The molecule has 4 rings (SSSR count). The summed E-state index contributed by atoms with van der Waals surface area (Å²) in [7, 11) is 0. The monoisotopic (exact) mass is 329 g/mol. The topological polar surface area (TPSA) is 43.4 Å². The van der Waals surface area contributed by atoms with Crippen LogP contribution in [-0.2, 0) is 24.4 Å². The van der Waals surface area contributed by atoms with E-state index < -0.39 is 0 Å². The molecule has 5 heteroatoms. The second-order valence-electron chi connectivity index (χ2n) is 7.23. The first kappa shape index (κ1) is 15.9. The van der Waals surface area contributed by atoms with Gasteiger partial charge in [0, 0.05) is 43.9 Å². The molecule has 1 fully saturated rings. The predicted molar refractivity (Wildman–Crippen MR) is 91.7 cm³/mol. The van der Waals surface area contributed by atoms with E-state index in [4.69, 9.17) is 14.3 Å². The Hall–Kier alpha value is -1.59. The lowest BCUT2D eigenvalue weighted by molar-refractivity contribution is 0.102. The molecule has 0 saturated heterocycles. The van der Waals surface area contributed by atoms with E-state index in [9.17, 15) is 0 Å². The molecule has 1 saturated carbocycles. The van der Waals surface area contributed by atoms with Gasteiger partial charge in [-0.3, -0.25) is 9.58 Å². The molecule has 0 radical (unpaired) electrons. The Bertz CT molecular complexity index is 687. The van der Waals surface area contributed by atoms with Crippen molar-refractivity contribution in [2.45, 2.75) is 52.2 Å². The fourth-order valence-electron chi connectivity index (χ4n) is 3.60. The second kappa shape index (κ2) is 6.73. The summed E-state index contributed by atoms with van der Waals surface area (Å²) >= 11 is 0. The van der Waals surface area contributed by atoms with Crippen LogP contribution in [0.1, 0.15) is 48.5 Å². The minimum Gasteiger partial charge on any atom is -0.465 e. The Balaban J connectivity index is 1.51. The zero-order valence-electron chi connectivity index (χ0n) is 14.7. The molecule has 1 atom stereocenters. The molecule has 1 aliphatic heterocycles. The van der Waals surface area contributed by atoms with Crippen LogP contribution < -0.4 is 0 Å². The molecule has 0 unspecified atom stereocenters. The minimum atomic E-state index is 0.401. The number of nitrogens with zero attached hydrogens (tertiary/aromatic N) is 3. The molecular formula is C19H27N3O2.